The Labute approximate surface area is 148 Å². The van der Waals surface area contributed by atoms with E-state index in [1.807, 2.05) is 30.3 Å². The van der Waals surface area contributed by atoms with E-state index in [1.165, 1.54) is 6.26 Å². The zero-order chi connectivity index (χ0) is 17.6. The van der Waals surface area contributed by atoms with Crippen LogP contribution in [-0.4, -0.2) is 28.5 Å². The Kier molecular flexibility index (Phi) is 5.89. The normalized spacial score (nSPS) is 21.2. The van der Waals surface area contributed by atoms with Gasteiger partial charge < -0.3 is 20.2 Å². The monoisotopic (exact) mass is 342 g/mol. The van der Waals surface area contributed by atoms with Gasteiger partial charge in [-0.25, -0.2) is 0 Å². The van der Waals surface area contributed by atoms with Gasteiger partial charge in [0.15, 0.2) is 0 Å². The van der Waals surface area contributed by atoms with Gasteiger partial charge in [0.25, 0.3) is 0 Å². The van der Waals surface area contributed by atoms with Crippen molar-refractivity contribution in [2.45, 2.75) is 44.4 Å². The maximum absolute atomic E-state index is 12.9. The van der Waals surface area contributed by atoms with E-state index in [2.05, 4.69) is 0 Å². The molecular formula is C20H26N2O3. The number of amides is 1. The van der Waals surface area contributed by atoms with E-state index in [0.29, 0.717) is 18.7 Å². The van der Waals surface area contributed by atoms with Gasteiger partial charge in [0.05, 0.1) is 12.8 Å². The van der Waals surface area contributed by atoms with E-state index in [0.717, 1.165) is 24.8 Å². The molecule has 5 nitrogen and oxygen atoms in total. The highest BCUT2D eigenvalue weighted by Gasteiger charge is 2.29. The van der Waals surface area contributed by atoms with Crippen LogP contribution in [-0.2, 0) is 11.3 Å². The van der Waals surface area contributed by atoms with Crippen LogP contribution in [0.3, 0.4) is 0 Å². The minimum atomic E-state index is -0.833. The first-order valence-corrected chi connectivity index (χ1v) is 8.92. The van der Waals surface area contributed by atoms with Crippen LogP contribution in [0.5, 0.6) is 0 Å². The average Bonchev–Trinajstić information content (AvgIpc) is 3.28. The summed E-state index contributed by atoms with van der Waals surface area (Å²) in [5.41, 5.74) is 7.16. The Morgan fingerprint density at radius 3 is 2.68 bits per heavy atom. The molecule has 1 amide bonds. The predicted octanol–water partition coefficient (Wildman–Crippen LogP) is 2.86. The molecule has 5 heteroatoms. The largest absolute Gasteiger partial charge is 0.467 e. The van der Waals surface area contributed by atoms with Crippen molar-refractivity contribution in [1.29, 1.82) is 0 Å². The van der Waals surface area contributed by atoms with Crippen molar-refractivity contribution < 1.29 is 14.3 Å². The number of aliphatic hydroxyl groups excluding tert-OH is 1. The Morgan fingerprint density at radius 1 is 1.24 bits per heavy atom. The van der Waals surface area contributed by atoms with Gasteiger partial charge in [0.1, 0.15) is 11.9 Å². The van der Waals surface area contributed by atoms with Crippen molar-refractivity contribution in [3.05, 3.63) is 60.1 Å². The third-order valence-electron chi connectivity index (χ3n) is 4.99. The number of carbonyl (C=O) groups excluding carboxylic acids is 1. The van der Waals surface area contributed by atoms with Crippen molar-refractivity contribution in [2.75, 3.05) is 6.54 Å². The molecule has 1 aromatic carbocycles. The van der Waals surface area contributed by atoms with Crippen LogP contribution in [0.25, 0.3) is 0 Å². The molecule has 0 saturated heterocycles. The first-order valence-electron chi connectivity index (χ1n) is 8.92. The molecule has 3 N–H and O–H groups in total. The topological polar surface area (TPSA) is 79.7 Å². The van der Waals surface area contributed by atoms with Crippen LogP contribution in [0.2, 0.25) is 0 Å². The summed E-state index contributed by atoms with van der Waals surface area (Å²) in [6.45, 7) is 0.683. The van der Waals surface area contributed by atoms with Gasteiger partial charge in [-0.15, -0.1) is 0 Å². The van der Waals surface area contributed by atoms with Crippen molar-refractivity contribution in [1.82, 2.24) is 4.90 Å². The molecule has 1 fully saturated rings. The van der Waals surface area contributed by atoms with Gasteiger partial charge in [-0.3, -0.25) is 4.79 Å². The fourth-order valence-electron chi connectivity index (χ4n) is 3.51. The summed E-state index contributed by atoms with van der Waals surface area (Å²) in [4.78, 5) is 14.6. The van der Waals surface area contributed by atoms with Gasteiger partial charge in [0, 0.05) is 19.0 Å². The Balaban J connectivity index is 1.69. The number of furan rings is 1. The van der Waals surface area contributed by atoms with E-state index in [4.69, 9.17) is 10.2 Å². The molecule has 134 valence electrons. The lowest BCUT2D eigenvalue weighted by Crippen LogP contribution is -2.37. The smallest absolute Gasteiger partial charge is 0.223 e. The summed E-state index contributed by atoms with van der Waals surface area (Å²) < 4.78 is 5.27. The van der Waals surface area contributed by atoms with Gasteiger partial charge in [-0.2, -0.15) is 0 Å². The number of nitrogens with two attached hydrogens (primary N) is 1. The third-order valence-corrected chi connectivity index (χ3v) is 4.99. The van der Waals surface area contributed by atoms with Crippen LogP contribution in [0.15, 0.2) is 53.1 Å². The molecule has 0 spiro atoms. The van der Waals surface area contributed by atoms with Crippen LogP contribution in [0, 0.1) is 5.92 Å². The number of hydrogen-bond donors (Lipinski definition) is 2. The van der Waals surface area contributed by atoms with Crippen molar-refractivity contribution in [2.24, 2.45) is 11.7 Å². The first-order chi connectivity index (χ1) is 12.1. The molecule has 0 aliphatic heterocycles. The van der Waals surface area contributed by atoms with Crippen LogP contribution in [0.4, 0.5) is 0 Å². The van der Waals surface area contributed by atoms with Gasteiger partial charge in [-0.1, -0.05) is 36.8 Å². The third kappa shape index (κ3) is 4.71. The number of carbonyl (C=O) groups is 1. The lowest BCUT2D eigenvalue weighted by molar-refractivity contribution is -0.134. The fourth-order valence-corrected chi connectivity index (χ4v) is 3.51. The molecule has 25 heavy (non-hydrogen) atoms. The van der Waals surface area contributed by atoms with Gasteiger partial charge >= 0.3 is 0 Å². The van der Waals surface area contributed by atoms with Crippen molar-refractivity contribution in [3.63, 3.8) is 0 Å². The Morgan fingerprint density at radius 2 is 2.04 bits per heavy atom. The second kappa shape index (κ2) is 8.32. The van der Waals surface area contributed by atoms with E-state index < -0.39 is 6.10 Å². The average molecular weight is 342 g/mol. The molecule has 1 aliphatic rings. The highest BCUT2D eigenvalue weighted by Crippen LogP contribution is 2.28. The zero-order valence-electron chi connectivity index (χ0n) is 14.4. The molecule has 3 rings (SSSR count). The lowest BCUT2D eigenvalue weighted by Gasteiger charge is -2.27. The van der Waals surface area contributed by atoms with Crippen molar-refractivity contribution in [3.8, 4) is 0 Å². The maximum Gasteiger partial charge on any atom is 0.223 e. The molecule has 1 saturated carbocycles. The number of benzene rings is 1. The number of rotatable bonds is 7. The fraction of sp³-hybridized carbons (Fsp3) is 0.450. The Bertz CT molecular complexity index is 657. The van der Waals surface area contributed by atoms with E-state index in [-0.39, 0.29) is 24.4 Å². The summed E-state index contributed by atoms with van der Waals surface area (Å²) in [5, 5.41) is 10.4. The predicted molar refractivity (Wildman–Crippen MR) is 95.5 cm³/mol. The van der Waals surface area contributed by atoms with Crippen LogP contribution >= 0.6 is 0 Å². The first kappa shape index (κ1) is 17.7. The van der Waals surface area contributed by atoms with Crippen LogP contribution < -0.4 is 5.73 Å². The molecule has 2 aromatic rings. The van der Waals surface area contributed by atoms with E-state index in [1.54, 1.807) is 17.0 Å². The molecule has 1 aliphatic carbocycles. The summed E-state index contributed by atoms with van der Waals surface area (Å²) >= 11 is 0. The zero-order valence-corrected chi connectivity index (χ0v) is 14.4. The molecule has 0 radical (unpaired) electrons. The maximum atomic E-state index is 12.9. The van der Waals surface area contributed by atoms with Gasteiger partial charge in [0.2, 0.25) is 5.91 Å². The minimum absolute atomic E-state index is 0.0387. The number of aliphatic hydroxyl groups is 1. The number of hydrogen-bond acceptors (Lipinski definition) is 4. The lowest BCUT2D eigenvalue weighted by atomic mass is 9.99. The highest BCUT2D eigenvalue weighted by atomic mass is 16.4. The summed E-state index contributed by atoms with van der Waals surface area (Å²) in [5.74, 6) is 0.756. The molecule has 1 unspecified atom stereocenters. The van der Waals surface area contributed by atoms with E-state index >= 15 is 0 Å². The van der Waals surface area contributed by atoms with E-state index in [9.17, 15) is 9.90 Å². The summed E-state index contributed by atoms with van der Waals surface area (Å²) in [6.07, 6.45) is 4.23. The second-order valence-electron chi connectivity index (χ2n) is 6.85. The standard InChI is InChI=1S/C20H26N2O3/c21-17-9-4-8-16(17)12-20(24)22(13-15-6-2-1-3-7-15)14-18(23)19-10-5-11-25-19/h1-3,5-7,10-11,16-18,23H,4,8-9,12-14,21H2/t16-,17+,18?/m0/s1. The SMILES string of the molecule is N[C@@H]1CCC[C@H]1CC(=O)N(Cc1ccccc1)CC(O)c1ccco1. The summed E-state index contributed by atoms with van der Waals surface area (Å²) in [6, 6.07) is 13.4. The number of nitrogens with zero attached hydrogens (tertiary/aromatic N) is 1. The summed E-state index contributed by atoms with van der Waals surface area (Å²) in [7, 11) is 0. The second-order valence-corrected chi connectivity index (χ2v) is 6.85. The van der Waals surface area contributed by atoms with Crippen molar-refractivity contribution >= 4 is 5.91 Å². The molecule has 0 bridgehead atoms. The Hall–Kier alpha value is -2.11. The molecule has 3 atom stereocenters. The molecular weight excluding hydrogens is 316 g/mol. The highest BCUT2D eigenvalue weighted by molar-refractivity contribution is 5.76. The van der Waals surface area contributed by atoms with Gasteiger partial charge in [-0.05, 0) is 36.5 Å². The minimum Gasteiger partial charge on any atom is -0.467 e. The quantitative estimate of drug-likeness (QED) is 0.811. The molecule has 1 aromatic heterocycles. The molecule has 1 heterocycles. The van der Waals surface area contributed by atoms with Crippen LogP contribution in [0.1, 0.15) is 43.1 Å².